The molecule has 1 heterocycles. The van der Waals surface area contributed by atoms with E-state index in [4.69, 9.17) is 0 Å². The number of benzene rings is 1. The Morgan fingerprint density at radius 1 is 1.30 bits per heavy atom. The lowest BCUT2D eigenvalue weighted by atomic mass is 10.0. The van der Waals surface area contributed by atoms with Crippen molar-refractivity contribution >= 4 is 17.3 Å². The monoisotopic (exact) mass is 279 g/mol. The van der Waals surface area contributed by atoms with E-state index in [1.54, 1.807) is 13.8 Å². The molecule has 0 radical (unpaired) electrons. The second kappa shape index (κ2) is 4.66. The Labute approximate surface area is 114 Å². The molecule has 0 fully saturated rings. The highest BCUT2D eigenvalue weighted by Gasteiger charge is 2.49. The van der Waals surface area contributed by atoms with Crippen LogP contribution in [0.4, 0.5) is 5.69 Å². The molecule has 0 aromatic heterocycles. The van der Waals surface area contributed by atoms with E-state index in [0.29, 0.717) is 0 Å². The summed E-state index contributed by atoms with van der Waals surface area (Å²) in [6.07, 6.45) is 0. The molecule has 106 valence electrons. The summed E-state index contributed by atoms with van der Waals surface area (Å²) in [6.45, 7) is 3.35. The molecule has 1 aliphatic rings. The maximum absolute atomic E-state index is 11.8. The molecular weight excluding hydrogens is 266 g/mol. The van der Waals surface area contributed by atoms with E-state index in [2.05, 4.69) is 5.10 Å². The van der Waals surface area contributed by atoms with Gasteiger partial charge in [-0.25, -0.2) is 5.01 Å². The molecule has 1 aliphatic heterocycles. The molecule has 0 atom stereocenters. The van der Waals surface area contributed by atoms with Gasteiger partial charge >= 0.3 is 5.91 Å². The Morgan fingerprint density at radius 2 is 1.85 bits per heavy atom. The number of nitro benzene ring substituents is 1. The SMILES string of the molecule is CC(C)N1N=C(c2ccc([N+](=O)[O-])cc2)C(O)(O)C1=O. The second-order valence-electron chi connectivity index (χ2n) is 4.67. The molecule has 2 rings (SSSR count). The van der Waals surface area contributed by atoms with Gasteiger partial charge in [0.05, 0.1) is 11.0 Å². The highest BCUT2D eigenvalue weighted by atomic mass is 16.6. The van der Waals surface area contributed by atoms with Crippen molar-refractivity contribution in [3.8, 4) is 0 Å². The molecular formula is C12H13N3O5. The number of hydrogen-bond donors (Lipinski definition) is 2. The van der Waals surface area contributed by atoms with Crippen molar-refractivity contribution in [2.24, 2.45) is 5.10 Å². The van der Waals surface area contributed by atoms with E-state index in [1.165, 1.54) is 24.3 Å². The lowest BCUT2D eigenvalue weighted by Crippen LogP contribution is -2.47. The summed E-state index contributed by atoms with van der Waals surface area (Å²) in [7, 11) is 0. The summed E-state index contributed by atoms with van der Waals surface area (Å²) >= 11 is 0. The Balaban J connectivity index is 2.43. The van der Waals surface area contributed by atoms with Crippen LogP contribution in [-0.4, -0.2) is 43.6 Å². The van der Waals surface area contributed by atoms with Gasteiger partial charge in [-0.05, 0) is 26.0 Å². The third-order valence-corrected chi connectivity index (χ3v) is 2.88. The van der Waals surface area contributed by atoms with Gasteiger partial charge < -0.3 is 10.2 Å². The summed E-state index contributed by atoms with van der Waals surface area (Å²) in [5.41, 5.74) is -0.149. The Bertz CT molecular complexity index is 592. The van der Waals surface area contributed by atoms with E-state index in [1.807, 2.05) is 0 Å². The quantitative estimate of drug-likeness (QED) is 0.466. The molecule has 8 heteroatoms. The third-order valence-electron chi connectivity index (χ3n) is 2.88. The van der Waals surface area contributed by atoms with Gasteiger partial charge in [0.1, 0.15) is 5.71 Å². The van der Waals surface area contributed by atoms with Crippen molar-refractivity contribution in [3.63, 3.8) is 0 Å². The van der Waals surface area contributed by atoms with Crippen LogP contribution in [-0.2, 0) is 4.79 Å². The first-order chi connectivity index (χ1) is 9.25. The average molecular weight is 279 g/mol. The summed E-state index contributed by atoms with van der Waals surface area (Å²) in [5, 5.41) is 35.2. The Hall–Kier alpha value is -2.32. The van der Waals surface area contributed by atoms with Crippen LogP contribution >= 0.6 is 0 Å². The highest BCUT2D eigenvalue weighted by molar-refractivity contribution is 6.20. The average Bonchev–Trinajstić information content (AvgIpc) is 2.61. The first-order valence-electron chi connectivity index (χ1n) is 5.87. The highest BCUT2D eigenvalue weighted by Crippen LogP contribution is 2.25. The number of aliphatic hydroxyl groups is 2. The van der Waals surface area contributed by atoms with Crippen molar-refractivity contribution in [3.05, 3.63) is 39.9 Å². The third kappa shape index (κ3) is 2.15. The fourth-order valence-electron chi connectivity index (χ4n) is 1.83. The van der Waals surface area contributed by atoms with E-state index < -0.39 is 16.6 Å². The first-order valence-corrected chi connectivity index (χ1v) is 5.87. The number of nitrogens with zero attached hydrogens (tertiary/aromatic N) is 3. The van der Waals surface area contributed by atoms with Gasteiger partial charge in [0, 0.05) is 17.7 Å². The van der Waals surface area contributed by atoms with E-state index in [-0.39, 0.29) is 23.0 Å². The summed E-state index contributed by atoms with van der Waals surface area (Å²) in [6, 6.07) is 4.70. The topological polar surface area (TPSA) is 116 Å². The van der Waals surface area contributed by atoms with Crippen LogP contribution in [0.25, 0.3) is 0 Å². The number of carbonyl (C=O) groups excluding carboxylic acids is 1. The molecule has 1 amide bonds. The number of nitro groups is 1. The summed E-state index contributed by atoms with van der Waals surface area (Å²) < 4.78 is 0. The van der Waals surface area contributed by atoms with Crippen molar-refractivity contribution < 1.29 is 19.9 Å². The minimum Gasteiger partial charge on any atom is -0.353 e. The normalized spacial score (nSPS) is 17.6. The zero-order chi connectivity index (χ0) is 15.1. The van der Waals surface area contributed by atoms with Crippen molar-refractivity contribution in [2.75, 3.05) is 0 Å². The lowest BCUT2D eigenvalue weighted by molar-refractivity contribution is -0.384. The molecule has 0 saturated carbocycles. The number of rotatable bonds is 3. The molecule has 0 unspecified atom stereocenters. The Kier molecular flexibility index (Phi) is 3.28. The minimum absolute atomic E-state index is 0.138. The number of amides is 1. The predicted molar refractivity (Wildman–Crippen MR) is 68.8 cm³/mol. The summed E-state index contributed by atoms with van der Waals surface area (Å²) in [5.74, 6) is -3.67. The van der Waals surface area contributed by atoms with Crippen molar-refractivity contribution in [1.82, 2.24) is 5.01 Å². The fourth-order valence-corrected chi connectivity index (χ4v) is 1.83. The first kappa shape index (κ1) is 14.1. The van der Waals surface area contributed by atoms with Gasteiger partial charge in [0.25, 0.3) is 11.5 Å². The van der Waals surface area contributed by atoms with Crippen LogP contribution in [0.1, 0.15) is 19.4 Å². The van der Waals surface area contributed by atoms with Crippen LogP contribution in [0.5, 0.6) is 0 Å². The summed E-state index contributed by atoms with van der Waals surface area (Å²) in [4.78, 5) is 21.8. The number of hydrazone groups is 1. The standard InChI is InChI=1S/C12H13N3O5/c1-7(2)14-11(16)12(17,18)10(13-14)8-3-5-9(6-4-8)15(19)20/h3-7,17-18H,1-2H3. The van der Waals surface area contributed by atoms with Crippen molar-refractivity contribution in [2.45, 2.75) is 25.7 Å². The Morgan fingerprint density at radius 3 is 2.25 bits per heavy atom. The van der Waals surface area contributed by atoms with E-state index in [0.717, 1.165) is 5.01 Å². The van der Waals surface area contributed by atoms with Crippen LogP contribution in [0.15, 0.2) is 29.4 Å². The maximum atomic E-state index is 11.8. The predicted octanol–water partition coefficient (Wildman–Crippen LogP) is 0.230. The largest absolute Gasteiger partial charge is 0.353 e. The number of hydrogen-bond acceptors (Lipinski definition) is 6. The lowest BCUT2D eigenvalue weighted by Gasteiger charge is -2.19. The van der Waals surface area contributed by atoms with Gasteiger partial charge in [-0.1, -0.05) is 0 Å². The molecule has 8 nitrogen and oxygen atoms in total. The van der Waals surface area contributed by atoms with Gasteiger partial charge in [-0.15, -0.1) is 0 Å². The van der Waals surface area contributed by atoms with Crippen LogP contribution in [0.3, 0.4) is 0 Å². The molecule has 2 N–H and O–H groups in total. The van der Waals surface area contributed by atoms with Gasteiger partial charge in [0.2, 0.25) is 0 Å². The minimum atomic E-state index is -2.72. The molecule has 1 aromatic carbocycles. The van der Waals surface area contributed by atoms with Crippen LogP contribution in [0, 0.1) is 10.1 Å². The smallest absolute Gasteiger partial charge is 0.309 e. The van der Waals surface area contributed by atoms with E-state index >= 15 is 0 Å². The van der Waals surface area contributed by atoms with Gasteiger partial charge in [-0.3, -0.25) is 14.9 Å². The maximum Gasteiger partial charge on any atom is 0.309 e. The number of carbonyl (C=O) groups is 1. The molecule has 0 spiro atoms. The van der Waals surface area contributed by atoms with Gasteiger partial charge in [-0.2, -0.15) is 5.10 Å². The van der Waals surface area contributed by atoms with Crippen LogP contribution < -0.4 is 0 Å². The molecule has 0 saturated heterocycles. The fraction of sp³-hybridized carbons (Fsp3) is 0.333. The molecule has 0 aliphatic carbocycles. The van der Waals surface area contributed by atoms with Gasteiger partial charge in [0.15, 0.2) is 0 Å². The second-order valence-corrected chi connectivity index (χ2v) is 4.67. The zero-order valence-electron chi connectivity index (χ0n) is 10.8. The van der Waals surface area contributed by atoms with Crippen molar-refractivity contribution in [1.29, 1.82) is 0 Å². The number of non-ortho nitro benzene ring substituents is 1. The molecule has 20 heavy (non-hydrogen) atoms. The molecule has 0 bridgehead atoms. The van der Waals surface area contributed by atoms with E-state index in [9.17, 15) is 25.1 Å². The zero-order valence-corrected chi connectivity index (χ0v) is 10.8. The molecule has 1 aromatic rings. The van der Waals surface area contributed by atoms with Crippen LogP contribution in [0.2, 0.25) is 0 Å².